The quantitative estimate of drug-likeness (QED) is 0.666. The van der Waals surface area contributed by atoms with Gasteiger partial charge in [-0.3, -0.25) is 0 Å². The van der Waals surface area contributed by atoms with E-state index in [-0.39, 0.29) is 11.7 Å². The average molecular weight is 449 g/mol. The molecule has 8 heteroatoms. The molecule has 0 radical (unpaired) electrons. The van der Waals surface area contributed by atoms with Gasteiger partial charge in [0.15, 0.2) is 0 Å². The minimum atomic E-state index is -3.13. The van der Waals surface area contributed by atoms with Crippen LogP contribution in [0.3, 0.4) is 0 Å². The SMILES string of the molecule is CC1(OC(=O)N2CCC(COc3ccc(C4=CCN(S(C)(=O)=O)CC4)cc3)CC2)CC1. The topological polar surface area (TPSA) is 76.2 Å². The smallest absolute Gasteiger partial charge is 0.410 e. The Morgan fingerprint density at radius 3 is 2.35 bits per heavy atom. The summed E-state index contributed by atoms with van der Waals surface area (Å²) >= 11 is 0. The molecule has 2 fully saturated rings. The van der Waals surface area contributed by atoms with Crippen LogP contribution < -0.4 is 4.74 Å². The Kier molecular flexibility index (Phi) is 6.30. The molecule has 1 aromatic rings. The number of hydrogen-bond acceptors (Lipinski definition) is 5. The maximum Gasteiger partial charge on any atom is 0.410 e. The first-order valence-electron chi connectivity index (χ1n) is 11.1. The van der Waals surface area contributed by atoms with E-state index < -0.39 is 10.0 Å². The molecule has 2 aliphatic heterocycles. The van der Waals surface area contributed by atoms with Crippen LogP contribution in [0, 0.1) is 5.92 Å². The fourth-order valence-electron chi connectivity index (χ4n) is 4.03. The number of hydrogen-bond donors (Lipinski definition) is 0. The summed E-state index contributed by atoms with van der Waals surface area (Å²) in [7, 11) is -3.13. The van der Waals surface area contributed by atoms with Crippen LogP contribution in [0.25, 0.3) is 5.57 Å². The highest BCUT2D eigenvalue weighted by molar-refractivity contribution is 7.88. The predicted octanol–water partition coefficient (Wildman–Crippen LogP) is 3.52. The molecule has 7 nitrogen and oxygen atoms in total. The molecule has 0 spiro atoms. The maximum atomic E-state index is 12.2. The number of ether oxygens (including phenoxy) is 2. The van der Waals surface area contributed by atoms with Gasteiger partial charge in [-0.2, -0.15) is 4.31 Å². The first-order chi connectivity index (χ1) is 14.7. The van der Waals surface area contributed by atoms with E-state index in [9.17, 15) is 13.2 Å². The number of rotatable bonds is 6. The van der Waals surface area contributed by atoms with Crippen LogP contribution in [0.5, 0.6) is 5.75 Å². The van der Waals surface area contributed by atoms with Crippen molar-refractivity contribution in [2.75, 3.05) is 39.0 Å². The van der Waals surface area contributed by atoms with Crippen molar-refractivity contribution in [1.82, 2.24) is 9.21 Å². The average Bonchev–Trinajstić information content (AvgIpc) is 3.49. The molecule has 1 amide bonds. The molecular weight excluding hydrogens is 416 g/mol. The van der Waals surface area contributed by atoms with Crippen LogP contribution in [-0.4, -0.2) is 68.4 Å². The molecule has 3 aliphatic rings. The standard InChI is InChI=1S/C23H32N2O5S/c1-23(11-12-23)30-22(26)24-13-7-18(8-14-24)17-29-21-5-3-19(4-6-21)20-9-15-25(16-10-20)31(2,27)28/h3-6,9,18H,7-8,10-17H2,1-2H3. The molecule has 31 heavy (non-hydrogen) atoms. The Bertz CT molecular complexity index is 929. The summed E-state index contributed by atoms with van der Waals surface area (Å²) in [6, 6.07) is 8.02. The van der Waals surface area contributed by atoms with E-state index in [0.717, 1.165) is 50.1 Å². The number of amides is 1. The number of carbonyl (C=O) groups is 1. The lowest BCUT2D eigenvalue weighted by Crippen LogP contribution is -2.41. The molecule has 170 valence electrons. The van der Waals surface area contributed by atoms with Crippen molar-refractivity contribution in [2.45, 2.75) is 44.6 Å². The van der Waals surface area contributed by atoms with E-state index in [1.165, 1.54) is 16.1 Å². The maximum absolute atomic E-state index is 12.2. The number of piperidine rings is 1. The van der Waals surface area contributed by atoms with Gasteiger partial charge in [-0.05, 0) is 68.2 Å². The van der Waals surface area contributed by atoms with Gasteiger partial charge in [0.25, 0.3) is 0 Å². The molecule has 0 N–H and O–H groups in total. The third kappa shape index (κ3) is 5.80. The lowest BCUT2D eigenvalue weighted by molar-refractivity contribution is 0.0456. The van der Waals surface area contributed by atoms with Gasteiger partial charge in [0.1, 0.15) is 11.4 Å². The molecule has 1 saturated carbocycles. The molecule has 1 aromatic carbocycles. The lowest BCUT2D eigenvalue weighted by atomic mass is 9.98. The number of carbonyl (C=O) groups excluding carboxylic acids is 1. The highest BCUT2D eigenvalue weighted by Gasteiger charge is 2.43. The number of benzene rings is 1. The third-order valence-electron chi connectivity index (χ3n) is 6.51. The number of nitrogens with zero attached hydrogens (tertiary/aromatic N) is 2. The van der Waals surface area contributed by atoms with Crippen LogP contribution in [0.15, 0.2) is 30.3 Å². The third-order valence-corrected chi connectivity index (χ3v) is 7.78. The van der Waals surface area contributed by atoms with Crippen LogP contribution in [-0.2, 0) is 14.8 Å². The van der Waals surface area contributed by atoms with Crippen LogP contribution >= 0.6 is 0 Å². The summed E-state index contributed by atoms with van der Waals surface area (Å²) in [6.45, 7) is 5.03. The molecule has 2 heterocycles. The Balaban J connectivity index is 1.21. The van der Waals surface area contributed by atoms with Crippen molar-refractivity contribution < 1.29 is 22.7 Å². The van der Waals surface area contributed by atoms with Gasteiger partial charge in [-0.15, -0.1) is 0 Å². The largest absolute Gasteiger partial charge is 0.493 e. The van der Waals surface area contributed by atoms with Crippen LogP contribution in [0.1, 0.15) is 44.6 Å². The summed E-state index contributed by atoms with van der Waals surface area (Å²) in [5.74, 6) is 1.27. The second-order valence-corrected chi connectivity index (χ2v) is 11.2. The van der Waals surface area contributed by atoms with E-state index in [2.05, 4.69) is 0 Å². The van der Waals surface area contributed by atoms with Gasteiger partial charge in [-0.1, -0.05) is 18.2 Å². The first-order valence-corrected chi connectivity index (χ1v) is 12.9. The number of likely N-dealkylation sites (tertiary alicyclic amines) is 1. The van der Waals surface area contributed by atoms with E-state index in [1.807, 2.05) is 42.2 Å². The monoisotopic (exact) mass is 448 g/mol. The van der Waals surface area contributed by atoms with Crippen molar-refractivity contribution in [3.8, 4) is 5.75 Å². The fraction of sp³-hybridized carbons (Fsp3) is 0.609. The Morgan fingerprint density at radius 1 is 1.13 bits per heavy atom. The predicted molar refractivity (Wildman–Crippen MR) is 119 cm³/mol. The fourth-order valence-corrected chi connectivity index (χ4v) is 4.80. The molecule has 1 saturated heterocycles. The van der Waals surface area contributed by atoms with Crippen LogP contribution in [0.2, 0.25) is 0 Å². The first kappa shape index (κ1) is 22.1. The van der Waals surface area contributed by atoms with Crippen LogP contribution in [0.4, 0.5) is 4.79 Å². The highest BCUT2D eigenvalue weighted by Crippen LogP contribution is 2.39. The van der Waals surface area contributed by atoms with Crippen molar-refractivity contribution in [1.29, 1.82) is 0 Å². The Morgan fingerprint density at radius 2 is 1.81 bits per heavy atom. The Hall–Kier alpha value is -2.06. The van der Waals surface area contributed by atoms with Gasteiger partial charge >= 0.3 is 6.09 Å². The zero-order valence-corrected chi connectivity index (χ0v) is 19.2. The van der Waals surface area contributed by atoms with Gasteiger partial charge < -0.3 is 14.4 Å². The van der Waals surface area contributed by atoms with Crippen molar-refractivity contribution >= 4 is 21.7 Å². The number of sulfonamides is 1. The van der Waals surface area contributed by atoms with Crippen molar-refractivity contribution in [3.63, 3.8) is 0 Å². The van der Waals surface area contributed by atoms with E-state index >= 15 is 0 Å². The minimum absolute atomic E-state index is 0.174. The molecule has 4 rings (SSSR count). The molecule has 0 unspecified atom stereocenters. The molecule has 0 atom stereocenters. The van der Waals surface area contributed by atoms with Crippen molar-refractivity contribution in [3.05, 3.63) is 35.9 Å². The normalized spacial score (nSPS) is 22.0. The van der Waals surface area contributed by atoms with Gasteiger partial charge in [0, 0.05) is 26.2 Å². The summed E-state index contributed by atoms with van der Waals surface area (Å²) in [5, 5.41) is 0. The second kappa shape index (κ2) is 8.82. The van der Waals surface area contributed by atoms with Gasteiger partial charge in [0.2, 0.25) is 10.0 Å². The highest BCUT2D eigenvalue weighted by atomic mass is 32.2. The Labute approximate surface area is 185 Å². The summed E-state index contributed by atoms with van der Waals surface area (Å²) in [6.07, 6.45) is 7.57. The summed E-state index contributed by atoms with van der Waals surface area (Å²) in [5.41, 5.74) is 2.06. The zero-order chi connectivity index (χ0) is 22.1. The van der Waals surface area contributed by atoms with E-state index in [0.29, 0.717) is 32.0 Å². The summed E-state index contributed by atoms with van der Waals surface area (Å²) < 4.78 is 36.3. The lowest BCUT2D eigenvalue weighted by Gasteiger charge is -2.32. The van der Waals surface area contributed by atoms with Gasteiger partial charge in [0.05, 0.1) is 12.9 Å². The second-order valence-electron chi connectivity index (χ2n) is 9.18. The zero-order valence-electron chi connectivity index (χ0n) is 18.4. The van der Waals surface area contributed by atoms with Crippen molar-refractivity contribution in [2.24, 2.45) is 5.92 Å². The van der Waals surface area contributed by atoms with E-state index in [1.54, 1.807) is 0 Å². The summed E-state index contributed by atoms with van der Waals surface area (Å²) in [4.78, 5) is 14.0. The molecular formula is C23H32N2O5S. The minimum Gasteiger partial charge on any atom is -0.493 e. The van der Waals surface area contributed by atoms with E-state index in [4.69, 9.17) is 9.47 Å². The molecule has 0 bridgehead atoms. The molecule has 1 aliphatic carbocycles. The molecule has 0 aromatic heterocycles. The van der Waals surface area contributed by atoms with Gasteiger partial charge in [-0.25, -0.2) is 13.2 Å².